The van der Waals surface area contributed by atoms with Gasteiger partial charge in [0, 0.05) is 5.41 Å². The summed E-state index contributed by atoms with van der Waals surface area (Å²) in [6.45, 7) is -2.11. The van der Waals surface area contributed by atoms with Gasteiger partial charge in [-0.05, 0) is 30.7 Å². The van der Waals surface area contributed by atoms with Gasteiger partial charge in [0.05, 0.1) is 11.0 Å². The zero-order valence-electron chi connectivity index (χ0n) is 16.0. The third-order valence-electron chi connectivity index (χ3n) is 4.16. The molecule has 0 saturated heterocycles. The molecule has 3 aromatic rings. The van der Waals surface area contributed by atoms with E-state index in [1.54, 1.807) is 30.3 Å². The summed E-state index contributed by atoms with van der Waals surface area (Å²) in [6.07, 6.45) is 1.39. The summed E-state index contributed by atoms with van der Waals surface area (Å²) >= 11 is 0. The second-order valence-electron chi connectivity index (χ2n) is 6.40. The maximum absolute atomic E-state index is 13.3. The SMILES string of the molecule is Cc1ccc(/C=C/S(=O)(=O)NCC(=O)OCc2nc3ccccc3n2C(F)F)cc1. The average molecular weight is 435 g/mol. The van der Waals surface area contributed by atoms with Gasteiger partial charge in [-0.3, -0.25) is 9.36 Å². The van der Waals surface area contributed by atoms with E-state index in [9.17, 15) is 22.0 Å². The molecule has 1 heterocycles. The Balaban J connectivity index is 1.58. The lowest BCUT2D eigenvalue weighted by Crippen LogP contribution is -2.29. The summed E-state index contributed by atoms with van der Waals surface area (Å²) in [6, 6.07) is 13.5. The summed E-state index contributed by atoms with van der Waals surface area (Å²) in [4.78, 5) is 15.9. The molecule has 0 amide bonds. The van der Waals surface area contributed by atoms with E-state index < -0.39 is 35.7 Å². The van der Waals surface area contributed by atoms with Gasteiger partial charge < -0.3 is 4.74 Å². The van der Waals surface area contributed by atoms with Gasteiger partial charge in [-0.1, -0.05) is 42.0 Å². The lowest BCUT2D eigenvalue weighted by molar-refractivity contribution is -0.144. The molecule has 0 aliphatic rings. The number of carbonyl (C=O) groups is 1. The highest BCUT2D eigenvalue weighted by atomic mass is 32.2. The molecule has 0 spiro atoms. The van der Waals surface area contributed by atoms with Gasteiger partial charge in [0.25, 0.3) is 0 Å². The second kappa shape index (κ2) is 9.14. The summed E-state index contributed by atoms with van der Waals surface area (Å²) in [5.41, 5.74) is 2.27. The fourth-order valence-electron chi connectivity index (χ4n) is 2.66. The van der Waals surface area contributed by atoms with Gasteiger partial charge in [0.1, 0.15) is 13.2 Å². The lowest BCUT2D eigenvalue weighted by Gasteiger charge is -2.08. The zero-order valence-corrected chi connectivity index (χ0v) is 16.8. The van der Waals surface area contributed by atoms with E-state index in [1.807, 2.05) is 19.1 Å². The minimum absolute atomic E-state index is 0.137. The minimum atomic E-state index is -3.88. The highest BCUT2D eigenvalue weighted by Gasteiger charge is 2.19. The molecule has 0 unspecified atom stereocenters. The highest BCUT2D eigenvalue weighted by Crippen LogP contribution is 2.23. The molecule has 0 aliphatic heterocycles. The maximum atomic E-state index is 13.3. The Morgan fingerprint density at radius 2 is 1.90 bits per heavy atom. The first-order chi connectivity index (χ1) is 14.2. The fraction of sp³-hybridized carbons (Fsp3) is 0.200. The Morgan fingerprint density at radius 3 is 2.60 bits per heavy atom. The van der Waals surface area contributed by atoms with Crippen LogP contribution in [0.3, 0.4) is 0 Å². The van der Waals surface area contributed by atoms with Crippen LogP contribution in [0.4, 0.5) is 8.78 Å². The molecule has 0 fully saturated rings. The van der Waals surface area contributed by atoms with Crippen molar-refractivity contribution in [1.82, 2.24) is 14.3 Å². The standard InChI is InChI=1S/C20H19F2N3O4S/c1-14-6-8-15(9-7-14)10-11-30(27,28)23-12-19(26)29-13-18-24-16-4-2-3-5-17(16)25(18)20(21)22/h2-11,20,23H,12-13H2,1H3/b11-10+. The molecule has 10 heteroatoms. The van der Waals surface area contributed by atoms with E-state index in [0.717, 1.165) is 11.0 Å². The predicted octanol–water partition coefficient (Wildman–Crippen LogP) is 3.37. The minimum Gasteiger partial charge on any atom is -0.457 e. The second-order valence-corrected chi connectivity index (χ2v) is 8.06. The molecule has 158 valence electrons. The molecule has 0 aliphatic carbocycles. The zero-order chi connectivity index (χ0) is 21.7. The molecule has 1 aromatic heterocycles. The normalized spacial score (nSPS) is 12.1. The number of sulfonamides is 1. The smallest absolute Gasteiger partial charge is 0.321 e. The summed E-state index contributed by atoms with van der Waals surface area (Å²) in [7, 11) is -3.88. The van der Waals surface area contributed by atoms with Crippen LogP contribution in [0.25, 0.3) is 17.1 Å². The molecule has 2 aromatic carbocycles. The van der Waals surface area contributed by atoms with E-state index in [4.69, 9.17) is 4.74 Å². The van der Waals surface area contributed by atoms with Gasteiger partial charge in [0.15, 0.2) is 5.82 Å². The summed E-state index contributed by atoms with van der Waals surface area (Å²) < 4.78 is 58.3. The molecule has 30 heavy (non-hydrogen) atoms. The Morgan fingerprint density at radius 1 is 1.20 bits per heavy atom. The quantitative estimate of drug-likeness (QED) is 0.548. The Labute approximate surface area is 172 Å². The van der Waals surface area contributed by atoms with Crippen molar-refractivity contribution in [2.24, 2.45) is 0 Å². The maximum Gasteiger partial charge on any atom is 0.321 e. The van der Waals surface area contributed by atoms with Gasteiger partial charge in [-0.15, -0.1) is 0 Å². The molecule has 0 saturated carbocycles. The van der Waals surface area contributed by atoms with Crippen LogP contribution in [0.5, 0.6) is 0 Å². The molecule has 3 rings (SSSR count). The Hall–Kier alpha value is -3.11. The first kappa shape index (κ1) is 21.6. The van der Waals surface area contributed by atoms with Crippen LogP contribution in [-0.4, -0.2) is 30.5 Å². The number of alkyl halides is 2. The molecule has 1 N–H and O–H groups in total. The highest BCUT2D eigenvalue weighted by molar-refractivity contribution is 7.92. The van der Waals surface area contributed by atoms with Crippen LogP contribution in [0.2, 0.25) is 0 Å². The van der Waals surface area contributed by atoms with Gasteiger partial charge in [-0.25, -0.2) is 18.1 Å². The van der Waals surface area contributed by atoms with E-state index in [0.29, 0.717) is 15.6 Å². The number of esters is 1. The van der Waals surface area contributed by atoms with Crippen molar-refractivity contribution in [2.75, 3.05) is 6.54 Å². The van der Waals surface area contributed by atoms with Crippen LogP contribution < -0.4 is 4.72 Å². The molecule has 0 bridgehead atoms. The summed E-state index contributed by atoms with van der Waals surface area (Å²) in [5, 5.41) is 0.932. The number of carbonyl (C=O) groups excluding carboxylic acids is 1. The number of halogens is 2. The van der Waals surface area contributed by atoms with Crippen LogP contribution >= 0.6 is 0 Å². The van der Waals surface area contributed by atoms with Crippen LogP contribution in [0.15, 0.2) is 53.9 Å². The number of imidazole rings is 1. The van der Waals surface area contributed by atoms with Crippen molar-refractivity contribution in [3.8, 4) is 0 Å². The van der Waals surface area contributed by atoms with E-state index in [1.165, 1.54) is 12.1 Å². The largest absolute Gasteiger partial charge is 0.457 e. The van der Waals surface area contributed by atoms with Crippen molar-refractivity contribution in [3.05, 3.63) is 70.9 Å². The number of para-hydroxylation sites is 2. The van der Waals surface area contributed by atoms with Gasteiger partial charge >= 0.3 is 12.5 Å². The number of nitrogens with zero attached hydrogens (tertiary/aromatic N) is 2. The number of benzene rings is 2. The molecule has 7 nitrogen and oxygen atoms in total. The number of rotatable bonds is 8. The van der Waals surface area contributed by atoms with Crippen molar-refractivity contribution < 1.29 is 26.7 Å². The first-order valence-corrected chi connectivity index (χ1v) is 10.4. The number of hydrogen-bond donors (Lipinski definition) is 1. The first-order valence-electron chi connectivity index (χ1n) is 8.89. The van der Waals surface area contributed by atoms with Crippen molar-refractivity contribution in [3.63, 3.8) is 0 Å². The van der Waals surface area contributed by atoms with Crippen LogP contribution in [0.1, 0.15) is 23.5 Å². The fourth-order valence-corrected chi connectivity index (χ4v) is 3.41. The van der Waals surface area contributed by atoms with Gasteiger partial charge in [0.2, 0.25) is 10.0 Å². The lowest BCUT2D eigenvalue weighted by atomic mass is 10.2. The number of nitrogens with one attached hydrogen (secondary N) is 1. The molecular formula is C20H19F2N3O4S. The monoisotopic (exact) mass is 435 g/mol. The molecule has 0 atom stereocenters. The molecule has 0 radical (unpaired) electrons. The third kappa shape index (κ3) is 5.49. The topological polar surface area (TPSA) is 90.3 Å². The van der Waals surface area contributed by atoms with Crippen molar-refractivity contribution >= 4 is 33.1 Å². The number of ether oxygens (including phenoxy) is 1. The number of hydrogen-bond acceptors (Lipinski definition) is 5. The number of fused-ring (bicyclic) bond motifs is 1. The number of aromatic nitrogens is 2. The van der Waals surface area contributed by atoms with E-state index in [2.05, 4.69) is 9.71 Å². The van der Waals surface area contributed by atoms with E-state index in [-0.39, 0.29) is 11.3 Å². The average Bonchev–Trinajstić information content (AvgIpc) is 3.09. The third-order valence-corrected chi connectivity index (χ3v) is 5.20. The summed E-state index contributed by atoms with van der Waals surface area (Å²) in [5.74, 6) is -1.06. The van der Waals surface area contributed by atoms with Crippen LogP contribution in [0, 0.1) is 6.92 Å². The number of aryl methyl sites for hydroxylation is 1. The van der Waals surface area contributed by atoms with Crippen molar-refractivity contribution in [2.45, 2.75) is 20.1 Å². The Kier molecular flexibility index (Phi) is 6.58. The Bertz CT molecular complexity index is 1170. The van der Waals surface area contributed by atoms with Crippen LogP contribution in [-0.2, 0) is 26.2 Å². The van der Waals surface area contributed by atoms with Crippen molar-refractivity contribution in [1.29, 1.82) is 0 Å². The molecular weight excluding hydrogens is 416 g/mol. The predicted molar refractivity (Wildman–Crippen MR) is 108 cm³/mol. The van der Waals surface area contributed by atoms with Gasteiger partial charge in [-0.2, -0.15) is 8.78 Å². The van der Waals surface area contributed by atoms with E-state index >= 15 is 0 Å².